The highest BCUT2D eigenvalue weighted by Crippen LogP contribution is 2.40. The SMILES string of the molecule is CN(CC1CCCCC1O)C(=O)c1cc(C2CC2)nc2ccccc12. The van der Waals surface area contributed by atoms with Crippen LogP contribution >= 0.6 is 0 Å². The van der Waals surface area contributed by atoms with E-state index in [2.05, 4.69) is 0 Å². The van der Waals surface area contributed by atoms with E-state index in [1.807, 2.05) is 37.4 Å². The molecule has 0 aliphatic heterocycles. The molecule has 1 aromatic heterocycles. The number of carbonyl (C=O) groups is 1. The first-order chi connectivity index (χ1) is 12.1. The van der Waals surface area contributed by atoms with Gasteiger partial charge in [0, 0.05) is 36.5 Å². The van der Waals surface area contributed by atoms with Gasteiger partial charge in [0.25, 0.3) is 5.91 Å². The predicted octanol–water partition coefficient (Wildman–Crippen LogP) is 3.74. The van der Waals surface area contributed by atoms with Gasteiger partial charge in [0.15, 0.2) is 0 Å². The number of aliphatic hydroxyl groups is 1. The molecule has 1 heterocycles. The van der Waals surface area contributed by atoms with Crippen LogP contribution in [0.2, 0.25) is 0 Å². The van der Waals surface area contributed by atoms with Crippen molar-refractivity contribution < 1.29 is 9.90 Å². The van der Waals surface area contributed by atoms with Crippen LogP contribution in [0, 0.1) is 5.92 Å². The van der Waals surface area contributed by atoms with Crippen LogP contribution in [0.25, 0.3) is 10.9 Å². The summed E-state index contributed by atoms with van der Waals surface area (Å²) >= 11 is 0. The Kier molecular flexibility index (Phi) is 4.46. The van der Waals surface area contributed by atoms with Crippen molar-refractivity contribution in [2.24, 2.45) is 5.92 Å². The first kappa shape index (κ1) is 16.5. The zero-order valence-corrected chi connectivity index (χ0v) is 14.8. The van der Waals surface area contributed by atoms with E-state index in [4.69, 9.17) is 4.98 Å². The number of hydrogen-bond donors (Lipinski definition) is 1. The number of fused-ring (bicyclic) bond motifs is 1. The maximum absolute atomic E-state index is 13.2. The number of benzene rings is 1. The number of carbonyl (C=O) groups excluding carboxylic acids is 1. The second-order valence-electron chi connectivity index (χ2n) is 7.68. The number of aromatic nitrogens is 1. The van der Waals surface area contributed by atoms with Crippen molar-refractivity contribution in [3.05, 3.63) is 41.6 Å². The molecule has 0 spiro atoms. The number of aliphatic hydroxyl groups excluding tert-OH is 1. The lowest BCUT2D eigenvalue weighted by Crippen LogP contribution is -2.38. The summed E-state index contributed by atoms with van der Waals surface area (Å²) in [5.41, 5.74) is 2.70. The summed E-state index contributed by atoms with van der Waals surface area (Å²) < 4.78 is 0. The van der Waals surface area contributed by atoms with Crippen molar-refractivity contribution in [2.45, 2.75) is 50.5 Å². The van der Waals surface area contributed by atoms with Gasteiger partial charge in [-0.3, -0.25) is 9.78 Å². The van der Waals surface area contributed by atoms with Crippen LogP contribution in [-0.2, 0) is 0 Å². The van der Waals surface area contributed by atoms with Crippen LogP contribution in [0.15, 0.2) is 30.3 Å². The summed E-state index contributed by atoms with van der Waals surface area (Å²) in [4.78, 5) is 19.7. The number of para-hydroxylation sites is 1. The third-order valence-electron chi connectivity index (χ3n) is 5.69. The van der Waals surface area contributed by atoms with Crippen molar-refractivity contribution in [3.8, 4) is 0 Å². The van der Waals surface area contributed by atoms with Gasteiger partial charge in [0.05, 0.1) is 17.2 Å². The molecule has 4 heteroatoms. The molecular formula is C21H26N2O2. The standard InChI is InChI=1S/C21H26N2O2/c1-23(13-15-6-2-5-9-20(15)24)21(25)17-12-19(14-10-11-14)22-18-8-4-3-7-16(17)18/h3-4,7-8,12,14-15,20,24H,2,5-6,9-11,13H2,1H3. The van der Waals surface area contributed by atoms with E-state index in [1.54, 1.807) is 4.90 Å². The van der Waals surface area contributed by atoms with E-state index in [9.17, 15) is 9.90 Å². The van der Waals surface area contributed by atoms with Crippen LogP contribution in [0.1, 0.15) is 60.5 Å². The second-order valence-corrected chi connectivity index (χ2v) is 7.68. The zero-order chi connectivity index (χ0) is 17.4. The lowest BCUT2D eigenvalue weighted by atomic mass is 9.86. The number of nitrogens with zero attached hydrogens (tertiary/aromatic N) is 2. The quantitative estimate of drug-likeness (QED) is 0.924. The topological polar surface area (TPSA) is 53.4 Å². The Labute approximate surface area is 148 Å². The average Bonchev–Trinajstić information content (AvgIpc) is 3.47. The maximum Gasteiger partial charge on any atom is 0.254 e. The third-order valence-corrected chi connectivity index (χ3v) is 5.69. The van der Waals surface area contributed by atoms with Gasteiger partial charge < -0.3 is 10.0 Å². The maximum atomic E-state index is 13.2. The van der Waals surface area contributed by atoms with Gasteiger partial charge in [-0.05, 0) is 37.8 Å². The Balaban J connectivity index is 1.62. The Morgan fingerprint density at radius 2 is 1.96 bits per heavy atom. The fourth-order valence-corrected chi connectivity index (χ4v) is 4.00. The van der Waals surface area contributed by atoms with Crippen LogP contribution in [-0.4, -0.2) is 40.6 Å². The van der Waals surface area contributed by atoms with Crippen LogP contribution in [0.5, 0.6) is 0 Å². The zero-order valence-electron chi connectivity index (χ0n) is 14.8. The van der Waals surface area contributed by atoms with Gasteiger partial charge in [-0.2, -0.15) is 0 Å². The van der Waals surface area contributed by atoms with E-state index < -0.39 is 0 Å². The average molecular weight is 338 g/mol. The second kappa shape index (κ2) is 6.75. The molecule has 4 rings (SSSR count). The number of pyridine rings is 1. The van der Waals surface area contributed by atoms with Gasteiger partial charge >= 0.3 is 0 Å². The van der Waals surface area contributed by atoms with Crippen molar-refractivity contribution in [2.75, 3.05) is 13.6 Å². The molecule has 2 saturated carbocycles. The van der Waals surface area contributed by atoms with E-state index >= 15 is 0 Å². The lowest BCUT2D eigenvalue weighted by Gasteiger charge is -2.31. The summed E-state index contributed by atoms with van der Waals surface area (Å²) in [6, 6.07) is 9.90. The van der Waals surface area contributed by atoms with Crippen LogP contribution < -0.4 is 0 Å². The molecule has 132 valence electrons. The molecule has 2 aliphatic rings. The first-order valence-corrected chi connectivity index (χ1v) is 9.46. The summed E-state index contributed by atoms with van der Waals surface area (Å²) in [6.07, 6.45) is 6.16. The number of rotatable bonds is 4. The molecule has 2 aromatic rings. The molecule has 0 radical (unpaired) electrons. The van der Waals surface area contributed by atoms with E-state index in [0.717, 1.165) is 47.8 Å². The predicted molar refractivity (Wildman–Crippen MR) is 98.6 cm³/mol. The normalized spacial score (nSPS) is 23.6. The van der Waals surface area contributed by atoms with Gasteiger partial charge in [0.1, 0.15) is 0 Å². The molecule has 2 aliphatic carbocycles. The molecule has 1 amide bonds. The molecule has 4 nitrogen and oxygen atoms in total. The van der Waals surface area contributed by atoms with Crippen LogP contribution in [0.4, 0.5) is 0 Å². The minimum Gasteiger partial charge on any atom is -0.393 e. The fourth-order valence-electron chi connectivity index (χ4n) is 4.00. The molecule has 1 N–H and O–H groups in total. The summed E-state index contributed by atoms with van der Waals surface area (Å²) in [5.74, 6) is 0.749. The largest absolute Gasteiger partial charge is 0.393 e. The molecule has 0 saturated heterocycles. The highest BCUT2D eigenvalue weighted by molar-refractivity contribution is 6.06. The lowest BCUT2D eigenvalue weighted by molar-refractivity contribution is 0.0452. The number of hydrogen-bond acceptors (Lipinski definition) is 3. The van der Waals surface area contributed by atoms with E-state index in [-0.39, 0.29) is 17.9 Å². The van der Waals surface area contributed by atoms with Gasteiger partial charge in [-0.25, -0.2) is 0 Å². The van der Waals surface area contributed by atoms with Crippen molar-refractivity contribution in [1.82, 2.24) is 9.88 Å². The highest BCUT2D eigenvalue weighted by atomic mass is 16.3. The molecule has 1 aromatic carbocycles. The first-order valence-electron chi connectivity index (χ1n) is 9.46. The Bertz CT molecular complexity index is 785. The van der Waals surface area contributed by atoms with Crippen molar-refractivity contribution in [3.63, 3.8) is 0 Å². The molecule has 2 atom stereocenters. The molecular weight excluding hydrogens is 312 g/mol. The Hall–Kier alpha value is -1.94. The van der Waals surface area contributed by atoms with E-state index in [1.165, 1.54) is 12.8 Å². The number of amides is 1. The van der Waals surface area contributed by atoms with Crippen molar-refractivity contribution in [1.29, 1.82) is 0 Å². The van der Waals surface area contributed by atoms with Gasteiger partial charge in [-0.15, -0.1) is 0 Å². The van der Waals surface area contributed by atoms with E-state index in [0.29, 0.717) is 12.5 Å². The third kappa shape index (κ3) is 3.40. The minimum absolute atomic E-state index is 0.0401. The smallest absolute Gasteiger partial charge is 0.254 e. The van der Waals surface area contributed by atoms with Gasteiger partial charge in [0.2, 0.25) is 0 Å². The van der Waals surface area contributed by atoms with Gasteiger partial charge in [-0.1, -0.05) is 31.0 Å². The fraction of sp³-hybridized carbons (Fsp3) is 0.524. The molecule has 25 heavy (non-hydrogen) atoms. The minimum atomic E-state index is -0.278. The Morgan fingerprint density at radius 1 is 1.20 bits per heavy atom. The molecule has 0 bridgehead atoms. The molecule has 2 unspecified atom stereocenters. The summed E-state index contributed by atoms with van der Waals surface area (Å²) in [5, 5.41) is 11.1. The summed E-state index contributed by atoms with van der Waals surface area (Å²) in [7, 11) is 1.86. The van der Waals surface area contributed by atoms with Crippen LogP contribution in [0.3, 0.4) is 0 Å². The summed E-state index contributed by atoms with van der Waals surface area (Å²) in [6.45, 7) is 0.620. The highest BCUT2D eigenvalue weighted by Gasteiger charge is 2.29. The van der Waals surface area contributed by atoms with Crippen molar-refractivity contribution >= 4 is 16.8 Å². The Morgan fingerprint density at radius 3 is 2.72 bits per heavy atom. The molecule has 2 fully saturated rings. The monoisotopic (exact) mass is 338 g/mol.